The standard InChI is InChI=1S/C26H37IN2O2Si/c1-6-20(27)19-28-18-17-25-21-13-10-11-14-22(21)29(24(30)31-5)26(25,28)16-12-15-23(25)32(7-2,8-3)9-4/h6,10-15,23H,7-9,16-19H2,1-5H3/b20-6-/t23-,25+,26-/m1/s1. The molecule has 0 unspecified atom stereocenters. The van der Waals surface area contributed by atoms with Gasteiger partial charge in [0.25, 0.3) is 0 Å². The van der Waals surface area contributed by atoms with Gasteiger partial charge in [0.1, 0.15) is 5.66 Å². The number of halogens is 1. The predicted octanol–water partition coefficient (Wildman–Crippen LogP) is 7.09. The number of amides is 1. The number of allylic oxidation sites excluding steroid dienone is 2. The fourth-order valence-electron chi connectivity index (χ4n) is 7.38. The van der Waals surface area contributed by atoms with Crippen molar-refractivity contribution in [2.24, 2.45) is 0 Å². The van der Waals surface area contributed by atoms with E-state index in [0.717, 1.165) is 31.6 Å². The van der Waals surface area contributed by atoms with Crippen LogP contribution in [-0.2, 0) is 10.2 Å². The van der Waals surface area contributed by atoms with Crippen LogP contribution in [0.15, 0.2) is 46.1 Å². The van der Waals surface area contributed by atoms with Crippen molar-refractivity contribution in [3.63, 3.8) is 0 Å². The number of hydrogen-bond donors (Lipinski definition) is 0. The Labute approximate surface area is 208 Å². The van der Waals surface area contributed by atoms with Gasteiger partial charge in [0, 0.05) is 28.5 Å². The van der Waals surface area contributed by atoms with E-state index in [4.69, 9.17) is 4.74 Å². The zero-order chi connectivity index (χ0) is 23.1. The van der Waals surface area contributed by atoms with E-state index in [1.807, 2.05) is 4.90 Å². The summed E-state index contributed by atoms with van der Waals surface area (Å²) in [7, 11) is -0.109. The minimum absolute atomic E-state index is 0.0779. The third-order valence-corrected chi connectivity index (χ3v) is 16.2. The number of anilines is 1. The molecule has 4 nitrogen and oxygen atoms in total. The molecule has 1 aliphatic carbocycles. The molecule has 2 heterocycles. The van der Waals surface area contributed by atoms with Crippen LogP contribution in [0, 0.1) is 0 Å². The summed E-state index contributed by atoms with van der Waals surface area (Å²) >= 11 is 2.46. The van der Waals surface area contributed by atoms with E-state index in [0.29, 0.717) is 5.54 Å². The predicted molar refractivity (Wildman–Crippen MR) is 144 cm³/mol. The van der Waals surface area contributed by atoms with Crippen molar-refractivity contribution >= 4 is 42.4 Å². The van der Waals surface area contributed by atoms with Crippen LogP contribution in [0.25, 0.3) is 0 Å². The molecule has 174 valence electrons. The van der Waals surface area contributed by atoms with Crippen molar-refractivity contribution in [1.82, 2.24) is 4.90 Å². The van der Waals surface area contributed by atoms with Gasteiger partial charge >= 0.3 is 6.09 Å². The third kappa shape index (κ3) is 2.97. The molecular formula is C26H37IN2O2Si. The quantitative estimate of drug-likeness (QED) is 0.210. The van der Waals surface area contributed by atoms with Crippen LogP contribution in [0.4, 0.5) is 10.5 Å². The second-order valence-electron chi connectivity index (χ2n) is 9.55. The average molecular weight is 565 g/mol. The maximum Gasteiger partial charge on any atom is 0.415 e. The van der Waals surface area contributed by atoms with Gasteiger partial charge in [-0.05, 0) is 53.1 Å². The maximum atomic E-state index is 13.5. The third-order valence-electron chi connectivity index (χ3n) is 9.06. The van der Waals surface area contributed by atoms with Crippen molar-refractivity contribution in [2.45, 2.75) is 75.3 Å². The number of carbonyl (C=O) groups excluding carboxylic acids is 1. The molecule has 32 heavy (non-hydrogen) atoms. The van der Waals surface area contributed by atoms with Crippen molar-refractivity contribution in [3.05, 3.63) is 51.6 Å². The smallest absolute Gasteiger partial charge is 0.415 e. The molecule has 0 bridgehead atoms. The van der Waals surface area contributed by atoms with Gasteiger partial charge in [-0.25, -0.2) is 4.79 Å². The van der Waals surface area contributed by atoms with Crippen LogP contribution >= 0.6 is 22.6 Å². The summed E-state index contributed by atoms with van der Waals surface area (Å²) in [5.41, 5.74) is 2.45. The first-order valence-corrected chi connectivity index (χ1v) is 15.9. The second-order valence-corrected chi connectivity index (χ2v) is 16.4. The van der Waals surface area contributed by atoms with Gasteiger partial charge in [0.2, 0.25) is 0 Å². The van der Waals surface area contributed by atoms with Crippen LogP contribution in [0.5, 0.6) is 0 Å². The Balaban J connectivity index is 2.04. The summed E-state index contributed by atoms with van der Waals surface area (Å²) in [4.78, 5) is 18.1. The topological polar surface area (TPSA) is 32.8 Å². The van der Waals surface area contributed by atoms with E-state index in [1.165, 1.54) is 34.4 Å². The average Bonchev–Trinajstić information content (AvgIpc) is 3.30. The lowest BCUT2D eigenvalue weighted by molar-refractivity contribution is 0.0841. The Morgan fingerprint density at radius 2 is 1.94 bits per heavy atom. The summed E-state index contributed by atoms with van der Waals surface area (Å²) in [6.07, 6.45) is 8.88. The molecule has 1 aromatic rings. The van der Waals surface area contributed by atoms with E-state index < -0.39 is 13.7 Å². The lowest BCUT2D eigenvalue weighted by atomic mass is 9.66. The number of methoxy groups -OCH3 is 1. The van der Waals surface area contributed by atoms with Crippen LogP contribution < -0.4 is 4.90 Å². The first kappa shape index (κ1) is 24.0. The molecule has 0 spiro atoms. The highest BCUT2D eigenvalue weighted by Gasteiger charge is 2.73. The number of nitrogens with zero attached hydrogens (tertiary/aromatic N) is 2. The summed E-state index contributed by atoms with van der Waals surface area (Å²) < 4.78 is 6.77. The first-order chi connectivity index (χ1) is 15.4. The summed E-state index contributed by atoms with van der Waals surface area (Å²) in [6.45, 7) is 11.2. The highest BCUT2D eigenvalue weighted by molar-refractivity contribution is 14.1. The van der Waals surface area contributed by atoms with Crippen LogP contribution in [0.2, 0.25) is 23.7 Å². The number of benzene rings is 1. The summed E-state index contributed by atoms with van der Waals surface area (Å²) in [5.74, 6) is 0. The lowest BCUT2D eigenvalue weighted by Gasteiger charge is -2.57. The molecule has 1 saturated heterocycles. The zero-order valence-corrected chi connectivity index (χ0v) is 23.3. The lowest BCUT2D eigenvalue weighted by Crippen LogP contribution is -2.68. The Hall–Kier alpha value is -1.12. The molecule has 3 aliphatic rings. The zero-order valence-electron chi connectivity index (χ0n) is 20.2. The minimum atomic E-state index is -1.63. The number of para-hydroxylation sites is 1. The molecule has 0 aromatic heterocycles. The van der Waals surface area contributed by atoms with Crippen LogP contribution in [0.3, 0.4) is 0 Å². The Morgan fingerprint density at radius 1 is 1.25 bits per heavy atom. The van der Waals surface area contributed by atoms with Gasteiger partial charge in [0.05, 0.1) is 20.9 Å². The van der Waals surface area contributed by atoms with E-state index in [9.17, 15) is 4.79 Å². The second kappa shape index (κ2) is 8.91. The van der Waals surface area contributed by atoms with E-state index in [1.54, 1.807) is 0 Å². The van der Waals surface area contributed by atoms with Gasteiger partial charge in [0.15, 0.2) is 0 Å². The Bertz CT molecular complexity index is 935. The first-order valence-electron chi connectivity index (χ1n) is 12.1. The van der Waals surface area contributed by atoms with Gasteiger partial charge in [-0.15, -0.1) is 0 Å². The molecule has 0 N–H and O–H groups in total. The fourth-order valence-corrected chi connectivity index (χ4v) is 12.7. The molecule has 3 atom stereocenters. The monoisotopic (exact) mass is 564 g/mol. The molecule has 1 aromatic carbocycles. The molecule has 1 fully saturated rings. The fraction of sp³-hybridized carbons (Fsp3) is 0.577. The summed E-state index contributed by atoms with van der Waals surface area (Å²) in [5, 5.41) is 0. The van der Waals surface area contributed by atoms with E-state index in [-0.39, 0.29) is 11.5 Å². The Morgan fingerprint density at radius 3 is 2.56 bits per heavy atom. The summed E-state index contributed by atoms with van der Waals surface area (Å²) in [6, 6.07) is 12.5. The highest BCUT2D eigenvalue weighted by Crippen LogP contribution is 2.69. The molecule has 2 aliphatic heterocycles. The number of likely N-dealkylation sites (tertiary alicyclic amines) is 1. The number of ether oxygens (including phenoxy) is 1. The van der Waals surface area contributed by atoms with Gasteiger partial charge < -0.3 is 4.74 Å². The normalized spacial score (nSPS) is 29.6. The maximum absolute atomic E-state index is 13.5. The molecule has 0 radical (unpaired) electrons. The number of fused-ring (bicyclic) bond motifs is 1. The highest BCUT2D eigenvalue weighted by atomic mass is 127. The van der Waals surface area contributed by atoms with Gasteiger partial charge in [-0.3, -0.25) is 9.80 Å². The number of rotatable bonds is 6. The van der Waals surface area contributed by atoms with Gasteiger partial charge in [-0.2, -0.15) is 0 Å². The van der Waals surface area contributed by atoms with Crippen molar-refractivity contribution < 1.29 is 9.53 Å². The molecule has 1 amide bonds. The van der Waals surface area contributed by atoms with Crippen LogP contribution in [-0.4, -0.2) is 44.9 Å². The van der Waals surface area contributed by atoms with Crippen LogP contribution in [0.1, 0.15) is 46.1 Å². The molecule has 0 saturated carbocycles. The van der Waals surface area contributed by atoms with E-state index >= 15 is 0 Å². The van der Waals surface area contributed by atoms with Crippen molar-refractivity contribution in [3.8, 4) is 0 Å². The van der Waals surface area contributed by atoms with Crippen molar-refractivity contribution in [2.75, 3.05) is 25.1 Å². The Kier molecular flexibility index (Phi) is 6.69. The van der Waals surface area contributed by atoms with Crippen molar-refractivity contribution in [1.29, 1.82) is 0 Å². The van der Waals surface area contributed by atoms with E-state index in [2.05, 4.69) is 97.7 Å². The van der Waals surface area contributed by atoms with Gasteiger partial charge in [-0.1, -0.05) is 75.3 Å². The molecular weight excluding hydrogens is 527 g/mol. The number of hydrogen-bond acceptors (Lipinski definition) is 3. The molecule has 6 heteroatoms. The SMILES string of the molecule is C/C=C(\I)CN1CC[C@@]23c4ccccc4N(C(=O)OC)[C@@]12CC=C[C@H]3[Si](CC)(CC)CC. The largest absolute Gasteiger partial charge is 0.452 e. The molecule has 4 rings (SSSR count). The number of carbonyl (C=O) groups is 1. The minimum Gasteiger partial charge on any atom is -0.452 e.